The van der Waals surface area contributed by atoms with Crippen molar-refractivity contribution in [2.24, 2.45) is 16.8 Å². The van der Waals surface area contributed by atoms with Gasteiger partial charge in [-0.25, -0.2) is 0 Å². The van der Waals surface area contributed by atoms with Gasteiger partial charge in [-0.1, -0.05) is 26.2 Å². The molecule has 0 aromatic heterocycles. The minimum absolute atomic E-state index is 0.0790. The molecule has 2 rings (SSSR count). The van der Waals surface area contributed by atoms with Crippen molar-refractivity contribution in [3.8, 4) is 0 Å². The molecule has 1 heterocycles. The zero-order chi connectivity index (χ0) is 19.6. The monoisotopic (exact) mass is 379 g/mol. The highest BCUT2D eigenvalue weighted by Crippen LogP contribution is 2.30. The number of likely N-dealkylation sites (tertiary alicyclic amines) is 1. The van der Waals surface area contributed by atoms with Crippen molar-refractivity contribution in [3.05, 3.63) is 0 Å². The van der Waals surface area contributed by atoms with Gasteiger partial charge in [-0.05, 0) is 50.5 Å². The van der Waals surface area contributed by atoms with Gasteiger partial charge in [-0.2, -0.15) is 0 Å². The van der Waals surface area contributed by atoms with E-state index >= 15 is 0 Å². The van der Waals surface area contributed by atoms with Crippen molar-refractivity contribution in [1.82, 2.24) is 20.4 Å². The fraction of sp³-hybridized carbons (Fsp3) is 0.905. The Labute approximate surface area is 166 Å². The molecule has 1 amide bonds. The van der Waals surface area contributed by atoms with Crippen LogP contribution in [0, 0.1) is 11.8 Å². The largest absolute Gasteiger partial charge is 0.356 e. The Balaban J connectivity index is 1.60. The molecule has 1 aliphatic carbocycles. The molecule has 0 bridgehead atoms. The standard InChI is InChI=1S/C21H41N5O/c1-17-8-5-9-18(16-17)11-13-24-21(22-2)23-12-7-15-26-14-6-10-19(26)20(27)25(3)4/h17-19H,5-16H2,1-4H3,(H2,22,23,24). The number of carbonyl (C=O) groups excluding carboxylic acids is 1. The summed E-state index contributed by atoms with van der Waals surface area (Å²) in [5.74, 6) is 2.92. The van der Waals surface area contributed by atoms with E-state index in [9.17, 15) is 4.79 Å². The molecule has 0 aromatic carbocycles. The Bertz CT molecular complexity index is 479. The predicted molar refractivity (Wildman–Crippen MR) is 113 cm³/mol. The molecule has 3 unspecified atom stereocenters. The predicted octanol–water partition coefficient (Wildman–Crippen LogP) is 2.31. The molecule has 1 saturated carbocycles. The van der Waals surface area contributed by atoms with Crippen LogP contribution in [0.5, 0.6) is 0 Å². The lowest BCUT2D eigenvalue weighted by atomic mass is 9.81. The quantitative estimate of drug-likeness (QED) is 0.386. The van der Waals surface area contributed by atoms with Gasteiger partial charge >= 0.3 is 0 Å². The molecule has 156 valence electrons. The van der Waals surface area contributed by atoms with Gasteiger partial charge in [0.2, 0.25) is 5.91 Å². The van der Waals surface area contributed by atoms with Crippen LogP contribution in [0.4, 0.5) is 0 Å². The zero-order valence-electron chi connectivity index (χ0n) is 18.0. The van der Waals surface area contributed by atoms with Gasteiger partial charge in [0.15, 0.2) is 5.96 Å². The van der Waals surface area contributed by atoms with Gasteiger partial charge < -0.3 is 15.5 Å². The van der Waals surface area contributed by atoms with Crippen molar-refractivity contribution in [2.45, 2.75) is 64.3 Å². The van der Waals surface area contributed by atoms with Crippen molar-refractivity contribution in [3.63, 3.8) is 0 Å². The maximum atomic E-state index is 12.3. The van der Waals surface area contributed by atoms with Gasteiger partial charge in [0.1, 0.15) is 0 Å². The summed E-state index contributed by atoms with van der Waals surface area (Å²) in [6.07, 6.45) is 9.97. The van der Waals surface area contributed by atoms with Gasteiger partial charge in [0.05, 0.1) is 6.04 Å². The number of nitrogens with one attached hydrogen (secondary N) is 2. The average molecular weight is 380 g/mol. The fourth-order valence-corrected chi connectivity index (χ4v) is 4.60. The first-order valence-corrected chi connectivity index (χ1v) is 10.9. The molecule has 2 aliphatic rings. The second-order valence-electron chi connectivity index (χ2n) is 8.63. The molecule has 6 nitrogen and oxygen atoms in total. The molecule has 1 aliphatic heterocycles. The summed E-state index contributed by atoms with van der Waals surface area (Å²) in [7, 11) is 5.54. The van der Waals surface area contributed by atoms with Crippen molar-refractivity contribution < 1.29 is 4.79 Å². The first kappa shape index (κ1) is 22.0. The normalized spacial score (nSPS) is 26.8. The van der Waals surface area contributed by atoms with E-state index in [-0.39, 0.29) is 11.9 Å². The number of rotatable bonds is 8. The molecule has 2 N–H and O–H groups in total. The number of nitrogens with zero attached hydrogens (tertiary/aromatic N) is 3. The fourth-order valence-electron chi connectivity index (χ4n) is 4.60. The van der Waals surface area contributed by atoms with Crippen LogP contribution in [-0.4, -0.2) is 75.0 Å². The number of hydrogen-bond acceptors (Lipinski definition) is 3. The number of aliphatic imine (C=N–C) groups is 1. The van der Waals surface area contributed by atoms with Gasteiger partial charge in [0.25, 0.3) is 0 Å². The highest BCUT2D eigenvalue weighted by molar-refractivity contribution is 5.81. The number of likely N-dealkylation sites (N-methyl/N-ethyl adjacent to an activating group) is 1. The Morgan fingerprint density at radius 1 is 1.15 bits per heavy atom. The number of guanidine groups is 1. The van der Waals surface area contributed by atoms with E-state index in [1.54, 1.807) is 4.90 Å². The van der Waals surface area contributed by atoms with Gasteiger partial charge in [-0.3, -0.25) is 14.7 Å². The number of carbonyl (C=O) groups is 1. The van der Waals surface area contributed by atoms with Crippen LogP contribution in [0.1, 0.15) is 58.3 Å². The third-order valence-corrected chi connectivity index (χ3v) is 6.12. The minimum Gasteiger partial charge on any atom is -0.356 e. The maximum Gasteiger partial charge on any atom is 0.239 e. The molecular formula is C21H41N5O. The molecular weight excluding hydrogens is 338 g/mol. The van der Waals surface area contributed by atoms with E-state index in [1.807, 2.05) is 21.1 Å². The Kier molecular flexibility index (Phi) is 9.39. The molecule has 3 atom stereocenters. The van der Waals surface area contributed by atoms with Crippen LogP contribution in [0.3, 0.4) is 0 Å². The summed E-state index contributed by atoms with van der Waals surface area (Å²) < 4.78 is 0. The summed E-state index contributed by atoms with van der Waals surface area (Å²) in [4.78, 5) is 20.7. The summed E-state index contributed by atoms with van der Waals surface area (Å²) in [6.45, 7) is 6.28. The molecule has 2 fully saturated rings. The van der Waals surface area contributed by atoms with Crippen LogP contribution in [0.15, 0.2) is 4.99 Å². The van der Waals surface area contributed by atoms with E-state index in [4.69, 9.17) is 0 Å². The van der Waals surface area contributed by atoms with Gasteiger partial charge in [-0.15, -0.1) is 0 Å². The highest BCUT2D eigenvalue weighted by Gasteiger charge is 2.30. The minimum atomic E-state index is 0.0790. The molecule has 27 heavy (non-hydrogen) atoms. The van der Waals surface area contributed by atoms with E-state index < -0.39 is 0 Å². The third-order valence-electron chi connectivity index (χ3n) is 6.12. The van der Waals surface area contributed by atoms with E-state index in [0.717, 1.165) is 63.2 Å². The van der Waals surface area contributed by atoms with Crippen molar-refractivity contribution in [2.75, 3.05) is 47.3 Å². The van der Waals surface area contributed by atoms with Crippen LogP contribution >= 0.6 is 0 Å². The maximum absolute atomic E-state index is 12.3. The molecule has 0 radical (unpaired) electrons. The lowest BCUT2D eigenvalue weighted by Crippen LogP contribution is -2.44. The second kappa shape index (κ2) is 11.5. The second-order valence-corrected chi connectivity index (χ2v) is 8.63. The SMILES string of the molecule is CN=C(NCCCN1CCCC1C(=O)N(C)C)NCCC1CCCC(C)C1. The summed E-state index contributed by atoms with van der Waals surface area (Å²) in [5.41, 5.74) is 0. The van der Waals surface area contributed by atoms with E-state index in [2.05, 4.69) is 27.4 Å². The lowest BCUT2D eigenvalue weighted by molar-refractivity contribution is -0.133. The highest BCUT2D eigenvalue weighted by atomic mass is 16.2. The average Bonchev–Trinajstić information content (AvgIpc) is 3.11. The topological polar surface area (TPSA) is 60.0 Å². The van der Waals surface area contributed by atoms with Crippen molar-refractivity contribution in [1.29, 1.82) is 0 Å². The van der Waals surface area contributed by atoms with E-state index in [1.165, 1.54) is 32.1 Å². The lowest BCUT2D eigenvalue weighted by Gasteiger charge is -2.27. The Morgan fingerprint density at radius 3 is 2.63 bits per heavy atom. The summed E-state index contributed by atoms with van der Waals surface area (Å²) in [6, 6.07) is 0.0790. The molecule has 1 saturated heterocycles. The number of hydrogen-bond donors (Lipinski definition) is 2. The van der Waals surface area contributed by atoms with Crippen molar-refractivity contribution >= 4 is 11.9 Å². The Morgan fingerprint density at radius 2 is 1.93 bits per heavy atom. The molecule has 0 aromatic rings. The first-order valence-electron chi connectivity index (χ1n) is 10.9. The van der Waals surface area contributed by atoms with E-state index in [0.29, 0.717) is 0 Å². The number of amides is 1. The smallest absolute Gasteiger partial charge is 0.239 e. The Hall–Kier alpha value is -1.30. The molecule has 6 heteroatoms. The molecule has 0 spiro atoms. The van der Waals surface area contributed by atoms with Gasteiger partial charge in [0, 0.05) is 40.8 Å². The van der Waals surface area contributed by atoms with Crippen LogP contribution < -0.4 is 10.6 Å². The van der Waals surface area contributed by atoms with Crippen LogP contribution in [0.2, 0.25) is 0 Å². The summed E-state index contributed by atoms with van der Waals surface area (Å²) >= 11 is 0. The summed E-state index contributed by atoms with van der Waals surface area (Å²) in [5, 5.41) is 6.89. The third kappa shape index (κ3) is 7.32. The van der Waals surface area contributed by atoms with Crippen LogP contribution in [-0.2, 0) is 4.79 Å². The first-order chi connectivity index (χ1) is 13.0. The van der Waals surface area contributed by atoms with Crippen LogP contribution in [0.25, 0.3) is 0 Å². The zero-order valence-corrected chi connectivity index (χ0v) is 18.0.